The van der Waals surface area contributed by atoms with E-state index in [2.05, 4.69) is 33.9 Å². The minimum atomic E-state index is 0.0605. The molecule has 0 fully saturated rings. The number of carbonyl (C=O) groups excluding carboxylic acids is 1. The maximum absolute atomic E-state index is 12.0. The van der Waals surface area contributed by atoms with E-state index in [0.29, 0.717) is 12.3 Å². The summed E-state index contributed by atoms with van der Waals surface area (Å²) < 4.78 is 2.14. The van der Waals surface area contributed by atoms with Gasteiger partial charge in [-0.3, -0.25) is 4.79 Å². The van der Waals surface area contributed by atoms with E-state index in [1.54, 1.807) is 11.8 Å². The number of nitrogens with zero attached hydrogens (tertiary/aromatic N) is 2. The maximum Gasteiger partial charge on any atom is 0.230 e. The summed E-state index contributed by atoms with van der Waals surface area (Å²) in [6.45, 7) is 5.39. The average Bonchev–Trinajstić information content (AvgIpc) is 2.90. The molecule has 0 atom stereocenters. The van der Waals surface area contributed by atoms with Crippen LogP contribution in [0.3, 0.4) is 0 Å². The van der Waals surface area contributed by atoms with Crippen LogP contribution in [0.15, 0.2) is 53.4 Å². The fraction of sp³-hybridized carbons (Fsp3) is 0.263. The predicted molar refractivity (Wildman–Crippen MR) is 99.4 cm³/mol. The molecule has 1 amide bonds. The second-order valence-electron chi connectivity index (χ2n) is 5.70. The van der Waals surface area contributed by atoms with Gasteiger partial charge in [-0.05, 0) is 37.6 Å². The first-order chi connectivity index (χ1) is 11.6. The first-order valence-electron chi connectivity index (χ1n) is 8.02. The lowest BCUT2D eigenvalue weighted by Gasteiger charge is -2.09. The van der Waals surface area contributed by atoms with Gasteiger partial charge in [0.05, 0.1) is 16.8 Å². The van der Waals surface area contributed by atoms with Gasteiger partial charge in [-0.25, -0.2) is 4.98 Å². The number of fused-ring (bicyclic) bond motifs is 1. The van der Waals surface area contributed by atoms with E-state index >= 15 is 0 Å². The predicted octanol–water partition coefficient (Wildman–Crippen LogP) is 3.56. The Morgan fingerprint density at radius 1 is 1.12 bits per heavy atom. The Kier molecular flexibility index (Phi) is 5.20. The van der Waals surface area contributed by atoms with Crippen LogP contribution in [0, 0.1) is 13.8 Å². The molecule has 24 heavy (non-hydrogen) atoms. The summed E-state index contributed by atoms with van der Waals surface area (Å²) >= 11 is 1.58. The highest BCUT2D eigenvalue weighted by Gasteiger charge is 2.08. The Hall–Kier alpha value is -2.27. The highest BCUT2D eigenvalue weighted by molar-refractivity contribution is 8.00. The van der Waals surface area contributed by atoms with Gasteiger partial charge in [0.25, 0.3) is 0 Å². The van der Waals surface area contributed by atoms with Gasteiger partial charge in [0.1, 0.15) is 5.82 Å². The van der Waals surface area contributed by atoms with Gasteiger partial charge in [0, 0.05) is 18.0 Å². The van der Waals surface area contributed by atoms with Crippen LogP contribution in [0.5, 0.6) is 0 Å². The van der Waals surface area contributed by atoms with Crippen LogP contribution in [-0.4, -0.2) is 27.8 Å². The number of carbonyl (C=O) groups is 1. The van der Waals surface area contributed by atoms with E-state index in [0.717, 1.165) is 28.3 Å². The van der Waals surface area contributed by atoms with Crippen LogP contribution in [-0.2, 0) is 11.3 Å². The van der Waals surface area contributed by atoms with Gasteiger partial charge in [-0.2, -0.15) is 0 Å². The third kappa shape index (κ3) is 3.79. The molecular formula is C19H21N3OS. The normalized spacial score (nSPS) is 10.9. The van der Waals surface area contributed by atoms with Crippen molar-refractivity contribution < 1.29 is 4.79 Å². The molecule has 0 radical (unpaired) electrons. The SMILES string of the molecule is Cc1ccccc1SCC(=O)NCCn1c(C)nc2ccccc21. The van der Waals surface area contributed by atoms with E-state index < -0.39 is 0 Å². The molecule has 0 aliphatic carbocycles. The van der Waals surface area contributed by atoms with Crippen LogP contribution in [0.2, 0.25) is 0 Å². The van der Waals surface area contributed by atoms with Crippen molar-refractivity contribution in [1.29, 1.82) is 0 Å². The minimum Gasteiger partial charge on any atom is -0.354 e. The lowest BCUT2D eigenvalue weighted by atomic mass is 10.2. The molecule has 3 aromatic rings. The average molecular weight is 339 g/mol. The summed E-state index contributed by atoms with van der Waals surface area (Å²) in [5, 5.41) is 2.99. The number of amides is 1. The van der Waals surface area contributed by atoms with Crippen LogP contribution in [0.4, 0.5) is 0 Å². The molecule has 5 heteroatoms. The molecule has 0 bridgehead atoms. The molecule has 0 aliphatic heterocycles. The summed E-state index contributed by atoms with van der Waals surface area (Å²) in [5.41, 5.74) is 3.31. The zero-order chi connectivity index (χ0) is 16.9. The van der Waals surface area contributed by atoms with Crippen molar-refractivity contribution in [3.63, 3.8) is 0 Å². The van der Waals surface area contributed by atoms with E-state index in [-0.39, 0.29) is 5.91 Å². The number of nitrogens with one attached hydrogen (secondary N) is 1. The van der Waals surface area contributed by atoms with Crippen molar-refractivity contribution in [3.05, 3.63) is 59.9 Å². The summed E-state index contributed by atoms with van der Waals surface area (Å²) in [5.74, 6) is 1.47. The van der Waals surface area contributed by atoms with Crippen LogP contribution in [0.25, 0.3) is 11.0 Å². The molecule has 0 aliphatic rings. The van der Waals surface area contributed by atoms with Crippen LogP contribution in [0.1, 0.15) is 11.4 Å². The molecule has 1 heterocycles. The molecule has 124 valence electrons. The quantitative estimate of drug-likeness (QED) is 0.699. The number of imidazole rings is 1. The zero-order valence-electron chi connectivity index (χ0n) is 14.0. The lowest BCUT2D eigenvalue weighted by Crippen LogP contribution is -2.28. The molecule has 0 saturated heterocycles. The number of benzene rings is 2. The Morgan fingerprint density at radius 2 is 1.88 bits per heavy atom. The molecular weight excluding hydrogens is 318 g/mol. The Bertz CT molecular complexity index is 857. The van der Waals surface area contributed by atoms with Crippen LogP contribution >= 0.6 is 11.8 Å². The molecule has 2 aromatic carbocycles. The Morgan fingerprint density at radius 3 is 2.71 bits per heavy atom. The van der Waals surface area contributed by atoms with Crippen molar-refractivity contribution in [2.24, 2.45) is 0 Å². The summed E-state index contributed by atoms with van der Waals surface area (Å²) in [6.07, 6.45) is 0. The fourth-order valence-corrected chi connectivity index (χ4v) is 3.56. The largest absolute Gasteiger partial charge is 0.354 e. The molecule has 1 N–H and O–H groups in total. The maximum atomic E-state index is 12.0. The molecule has 0 spiro atoms. The van der Waals surface area contributed by atoms with E-state index in [1.165, 1.54) is 5.56 Å². The molecule has 1 aromatic heterocycles. The first kappa shape index (κ1) is 16.6. The molecule has 0 unspecified atom stereocenters. The van der Waals surface area contributed by atoms with Crippen LogP contribution < -0.4 is 5.32 Å². The molecule has 3 rings (SSSR count). The summed E-state index contributed by atoms with van der Waals surface area (Å²) in [7, 11) is 0. The van der Waals surface area contributed by atoms with Gasteiger partial charge in [-0.1, -0.05) is 30.3 Å². The van der Waals surface area contributed by atoms with E-state index in [4.69, 9.17) is 0 Å². The topological polar surface area (TPSA) is 46.9 Å². The smallest absolute Gasteiger partial charge is 0.230 e. The number of aromatic nitrogens is 2. The minimum absolute atomic E-state index is 0.0605. The van der Waals surface area contributed by atoms with Crippen molar-refractivity contribution >= 4 is 28.7 Å². The van der Waals surface area contributed by atoms with Gasteiger partial charge in [-0.15, -0.1) is 11.8 Å². The van der Waals surface area contributed by atoms with Crippen molar-refractivity contribution in [2.45, 2.75) is 25.3 Å². The van der Waals surface area contributed by atoms with Gasteiger partial charge < -0.3 is 9.88 Å². The summed E-state index contributed by atoms with van der Waals surface area (Å²) in [6, 6.07) is 16.2. The van der Waals surface area contributed by atoms with Gasteiger partial charge in [0.2, 0.25) is 5.91 Å². The first-order valence-corrected chi connectivity index (χ1v) is 9.00. The lowest BCUT2D eigenvalue weighted by molar-refractivity contribution is -0.118. The second-order valence-corrected chi connectivity index (χ2v) is 6.72. The zero-order valence-corrected chi connectivity index (χ0v) is 14.8. The van der Waals surface area contributed by atoms with Crippen molar-refractivity contribution in [1.82, 2.24) is 14.9 Å². The van der Waals surface area contributed by atoms with E-state index in [1.807, 2.05) is 43.3 Å². The second kappa shape index (κ2) is 7.53. The third-order valence-corrected chi connectivity index (χ3v) is 5.13. The molecule has 4 nitrogen and oxygen atoms in total. The third-order valence-electron chi connectivity index (χ3n) is 3.96. The fourth-order valence-electron chi connectivity index (χ4n) is 2.70. The number of rotatable bonds is 6. The number of hydrogen-bond acceptors (Lipinski definition) is 3. The Balaban J connectivity index is 1.51. The van der Waals surface area contributed by atoms with Crippen molar-refractivity contribution in [3.8, 4) is 0 Å². The number of hydrogen-bond donors (Lipinski definition) is 1. The van der Waals surface area contributed by atoms with E-state index in [9.17, 15) is 4.79 Å². The Labute approximate surface area is 146 Å². The highest BCUT2D eigenvalue weighted by Crippen LogP contribution is 2.21. The molecule has 0 saturated carbocycles. The van der Waals surface area contributed by atoms with Gasteiger partial charge in [0.15, 0.2) is 0 Å². The number of para-hydroxylation sites is 2. The monoisotopic (exact) mass is 339 g/mol. The number of thioether (sulfide) groups is 1. The standard InChI is InChI=1S/C19H21N3OS/c1-14-7-3-6-10-18(14)24-13-19(23)20-11-12-22-15(2)21-16-8-4-5-9-17(16)22/h3-10H,11-13H2,1-2H3,(H,20,23). The van der Waals surface area contributed by atoms with Gasteiger partial charge >= 0.3 is 0 Å². The highest BCUT2D eigenvalue weighted by atomic mass is 32.2. The summed E-state index contributed by atoms with van der Waals surface area (Å²) in [4.78, 5) is 17.7. The van der Waals surface area contributed by atoms with Crippen molar-refractivity contribution in [2.75, 3.05) is 12.3 Å². The number of aryl methyl sites for hydroxylation is 2.